The van der Waals surface area contributed by atoms with Gasteiger partial charge in [-0.05, 0) is 25.5 Å². The highest BCUT2D eigenvalue weighted by Gasteiger charge is 2.21. The lowest BCUT2D eigenvalue weighted by Gasteiger charge is -2.24. The summed E-state index contributed by atoms with van der Waals surface area (Å²) in [7, 11) is 0. The van der Waals surface area contributed by atoms with Gasteiger partial charge in [0.2, 0.25) is 0 Å². The molecule has 0 saturated carbocycles. The molecule has 0 aliphatic rings. The molecule has 1 aromatic carbocycles. The molecule has 0 aliphatic heterocycles. The molecule has 4 heteroatoms. The Morgan fingerprint density at radius 3 is 2.25 bits per heavy atom. The van der Waals surface area contributed by atoms with E-state index in [1.54, 1.807) is 0 Å². The van der Waals surface area contributed by atoms with E-state index in [2.05, 4.69) is 0 Å². The summed E-state index contributed by atoms with van der Waals surface area (Å²) in [6, 6.07) is 7.10. The first-order chi connectivity index (χ1) is 7.70. The van der Waals surface area contributed by atoms with Crippen LogP contribution in [0.4, 0.5) is 0 Å². The van der Waals surface area contributed by atoms with Gasteiger partial charge >= 0.3 is 0 Å². The molecule has 90 valence electrons. The third-order valence-corrected chi connectivity index (χ3v) is 2.56. The van der Waals surface area contributed by atoms with E-state index < -0.39 is 6.29 Å². The van der Waals surface area contributed by atoms with Gasteiger partial charge in [0, 0.05) is 18.2 Å². The van der Waals surface area contributed by atoms with Crippen LogP contribution in [0.3, 0.4) is 0 Å². The summed E-state index contributed by atoms with van der Waals surface area (Å²) in [5.74, 6) is 0. The molecule has 1 unspecified atom stereocenters. The minimum Gasteiger partial charge on any atom is -0.351 e. The van der Waals surface area contributed by atoms with Crippen molar-refractivity contribution in [2.75, 3.05) is 13.2 Å². The van der Waals surface area contributed by atoms with Gasteiger partial charge in [0.25, 0.3) is 0 Å². The van der Waals surface area contributed by atoms with E-state index in [1.807, 2.05) is 38.1 Å². The maximum Gasteiger partial charge on any atom is 0.176 e. The summed E-state index contributed by atoms with van der Waals surface area (Å²) in [4.78, 5) is 0. The van der Waals surface area contributed by atoms with E-state index in [1.165, 1.54) is 0 Å². The van der Waals surface area contributed by atoms with Crippen LogP contribution in [0.15, 0.2) is 24.3 Å². The third kappa shape index (κ3) is 3.46. The van der Waals surface area contributed by atoms with Crippen LogP contribution in [0, 0.1) is 0 Å². The van der Waals surface area contributed by atoms with Gasteiger partial charge in [0.1, 0.15) is 0 Å². The standard InChI is InChI=1S/C12H18ClNO2/c1-3-15-12(16-4-2)11(14)9-7-5-6-8-10(9)13/h5-8,11-12H,3-4,14H2,1-2H3. The van der Waals surface area contributed by atoms with Gasteiger partial charge in [-0.15, -0.1) is 0 Å². The predicted molar refractivity (Wildman–Crippen MR) is 65.4 cm³/mol. The summed E-state index contributed by atoms with van der Waals surface area (Å²) in [6.07, 6.45) is -0.449. The average Bonchev–Trinajstić information content (AvgIpc) is 2.28. The molecule has 0 saturated heterocycles. The molecule has 0 spiro atoms. The third-order valence-electron chi connectivity index (χ3n) is 2.22. The highest BCUT2D eigenvalue weighted by atomic mass is 35.5. The molecular formula is C12H18ClNO2. The minimum atomic E-state index is -0.449. The molecule has 2 N–H and O–H groups in total. The van der Waals surface area contributed by atoms with Crippen LogP contribution in [-0.2, 0) is 9.47 Å². The Labute approximate surface area is 101 Å². The molecule has 1 rings (SSSR count). The number of benzene rings is 1. The topological polar surface area (TPSA) is 44.5 Å². The molecule has 0 fully saturated rings. The lowest BCUT2D eigenvalue weighted by molar-refractivity contribution is -0.149. The minimum absolute atomic E-state index is 0.367. The first-order valence-electron chi connectivity index (χ1n) is 5.43. The Balaban J connectivity index is 2.81. The van der Waals surface area contributed by atoms with Crippen molar-refractivity contribution in [1.29, 1.82) is 0 Å². The molecule has 0 radical (unpaired) electrons. The van der Waals surface area contributed by atoms with Crippen molar-refractivity contribution in [3.63, 3.8) is 0 Å². The number of hydrogen-bond donors (Lipinski definition) is 1. The number of rotatable bonds is 6. The van der Waals surface area contributed by atoms with Crippen molar-refractivity contribution in [3.05, 3.63) is 34.9 Å². The van der Waals surface area contributed by atoms with Gasteiger partial charge in [-0.2, -0.15) is 0 Å². The van der Waals surface area contributed by atoms with Crippen LogP contribution in [0.2, 0.25) is 5.02 Å². The second-order valence-corrected chi connectivity index (χ2v) is 3.73. The van der Waals surface area contributed by atoms with Crippen molar-refractivity contribution >= 4 is 11.6 Å². The van der Waals surface area contributed by atoms with Crippen molar-refractivity contribution in [2.24, 2.45) is 5.73 Å². The zero-order chi connectivity index (χ0) is 12.0. The summed E-state index contributed by atoms with van der Waals surface area (Å²) in [5, 5.41) is 0.638. The fourth-order valence-electron chi connectivity index (χ4n) is 1.48. The second-order valence-electron chi connectivity index (χ2n) is 3.33. The smallest absolute Gasteiger partial charge is 0.176 e. The number of nitrogens with two attached hydrogens (primary N) is 1. The van der Waals surface area contributed by atoms with Crippen LogP contribution >= 0.6 is 11.6 Å². The zero-order valence-electron chi connectivity index (χ0n) is 9.65. The zero-order valence-corrected chi connectivity index (χ0v) is 10.4. The van der Waals surface area contributed by atoms with Crippen LogP contribution in [0.1, 0.15) is 25.5 Å². The Hall–Kier alpha value is -0.610. The molecule has 0 amide bonds. The summed E-state index contributed by atoms with van der Waals surface area (Å²) in [5.41, 5.74) is 6.92. The second kappa shape index (κ2) is 6.86. The number of halogens is 1. The summed E-state index contributed by atoms with van der Waals surface area (Å²) in [6.45, 7) is 4.93. The molecule has 0 aromatic heterocycles. The first kappa shape index (κ1) is 13.5. The van der Waals surface area contributed by atoms with Gasteiger partial charge in [0.05, 0.1) is 6.04 Å². The highest BCUT2D eigenvalue weighted by Crippen LogP contribution is 2.25. The fourth-order valence-corrected chi connectivity index (χ4v) is 1.74. The SMILES string of the molecule is CCOC(OCC)C(N)c1ccccc1Cl. The van der Waals surface area contributed by atoms with Gasteiger partial charge < -0.3 is 15.2 Å². The van der Waals surface area contributed by atoms with E-state index in [-0.39, 0.29) is 6.04 Å². The Morgan fingerprint density at radius 2 is 1.75 bits per heavy atom. The van der Waals surface area contributed by atoms with Gasteiger partial charge in [-0.25, -0.2) is 0 Å². The predicted octanol–water partition coefficient (Wildman–Crippen LogP) is 2.74. The van der Waals surface area contributed by atoms with E-state index >= 15 is 0 Å². The molecule has 16 heavy (non-hydrogen) atoms. The van der Waals surface area contributed by atoms with E-state index in [4.69, 9.17) is 26.8 Å². The quantitative estimate of drug-likeness (QED) is 0.782. The largest absolute Gasteiger partial charge is 0.351 e. The van der Waals surface area contributed by atoms with Crippen molar-refractivity contribution in [1.82, 2.24) is 0 Å². The van der Waals surface area contributed by atoms with Crippen LogP contribution in [0.25, 0.3) is 0 Å². The summed E-state index contributed by atoms with van der Waals surface area (Å²) >= 11 is 6.07. The fraction of sp³-hybridized carbons (Fsp3) is 0.500. The Kier molecular flexibility index (Phi) is 5.77. The number of hydrogen-bond acceptors (Lipinski definition) is 3. The summed E-state index contributed by atoms with van der Waals surface area (Å²) < 4.78 is 10.9. The lowest BCUT2D eigenvalue weighted by atomic mass is 10.1. The van der Waals surface area contributed by atoms with Gasteiger partial charge in [0.15, 0.2) is 6.29 Å². The Bertz CT molecular complexity index is 314. The Morgan fingerprint density at radius 1 is 1.19 bits per heavy atom. The first-order valence-corrected chi connectivity index (χ1v) is 5.81. The maximum absolute atomic E-state index is 6.08. The maximum atomic E-state index is 6.08. The van der Waals surface area contributed by atoms with Gasteiger partial charge in [-0.1, -0.05) is 29.8 Å². The molecule has 3 nitrogen and oxygen atoms in total. The van der Waals surface area contributed by atoms with Crippen molar-refractivity contribution < 1.29 is 9.47 Å². The highest BCUT2D eigenvalue weighted by molar-refractivity contribution is 6.31. The molecule has 1 atom stereocenters. The van der Waals surface area contributed by atoms with E-state index in [9.17, 15) is 0 Å². The van der Waals surface area contributed by atoms with Crippen molar-refractivity contribution in [2.45, 2.75) is 26.2 Å². The molecule has 1 aromatic rings. The lowest BCUT2D eigenvalue weighted by Crippen LogP contribution is -2.31. The van der Waals surface area contributed by atoms with Crippen LogP contribution < -0.4 is 5.73 Å². The normalized spacial score (nSPS) is 13.1. The van der Waals surface area contributed by atoms with Gasteiger partial charge in [-0.3, -0.25) is 0 Å². The van der Waals surface area contributed by atoms with E-state index in [0.29, 0.717) is 18.2 Å². The molecule has 0 heterocycles. The van der Waals surface area contributed by atoms with Crippen LogP contribution in [0.5, 0.6) is 0 Å². The van der Waals surface area contributed by atoms with E-state index in [0.717, 1.165) is 5.56 Å². The number of ether oxygens (including phenoxy) is 2. The average molecular weight is 244 g/mol. The van der Waals surface area contributed by atoms with Crippen molar-refractivity contribution in [3.8, 4) is 0 Å². The monoisotopic (exact) mass is 243 g/mol. The van der Waals surface area contributed by atoms with Crippen LogP contribution in [-0.4, -0.2) is 19.5 Å². The molecule has 0 bridgehead atoms. The molecular weight excluding hydrogens is 226 g/mol. The molecule has 0 aliphatic carbocycles.